The third-order valence-electron chi connectivity index (χ3n) is 14.8. The highest BCUT2D eigenvalue weighted by Crippen LogP contribution is 2.59. The maximum Gasteiger partial charge on any atom is 0.0714 e. The molecule has 0 amide bonds. The van der Waals surface area contributed by atoms with E-state index in [9.17, 15) is 0 Å². The molecule has 70 heavy (non-hydrogen) atoms. The summed E-state index contributed by atoms with van der Waals surface area (Å²) in [5.41, 5.74) is 20.5. The monoisotopic (exact) mass is 892 g/mol. The van der Waals surface area contributed by atoms with Gasteiger partial charge in [-0.25, -0.2) is 0 Å². The molecule has 2 aliphatic carbocycles. The quantitative estimate of drug-likeness (QED) is 0.135. The summed E-state index contributed by atoms with van der Waals surface area (Å²) in [4.78, 5) is 4.89. The molecule has 0 fully saturated rings. The maximum atomic E-state index is 2.44. The Balaban J connectivity index is 1.03. The lowest BCUT2D eigenvalue weighted by Gasteiger charge is -2.36. The second kappa shape index (κ2) is 17.0. The Morgan fingerprint density at radius 3 is 0.971 bits per heavy atom. The van der Waals surface area contributed by atoms with Crippen LogP contribution < -0.4 is 9.80 Å². The van der Waals surface area contributed by atoms with Crippen molar-refractivity contribution in [1.29, 1.82) is 0 Å². The van der Waals surface area contributed by atoms with E-state index in [1.54, 1.807) is 0 Å². The predicted molar refractivity (Wildman–Crippen MR) is 290 cm³/mol. The third kappa shape index (κ3) is 6.27. The summed E-state index contributed by atoms with van der Waals surface area (Å²) in [7, 11) is 0. The van der Waals surface area contributed by atoms with E-state index in [1.165, 1.54) is 66.8 Å². The zero-order valence-electron chi connectivity index (χ0n) is 38.6. The highest BCUT2D eigenvalue weighted by Gasteiger charge is 2.47. The number of anilines is 6. The van der Waals surface area contributed by atoms with Crippen molar-refractivity contribution in [2.24, 2.45) is 0 Å². The largest absolute Gasteiger partial charge is 0.308 e. The van der Waals surface area contributed by atoms with E-state index in [2.05, 4.69) is 301 Å². The normalized spacial score (nSPS) is 13.4. The molecule has 0 radical (unpaired) electrons. The van der Waals surface area contributed by atoms with Gasteiger partial charge < -0.3 is 9.80 Å². The Kier molecular flexibility index (Phi) is 9.99. The van der Waals surface area contributed by atoms with Gasteiger partial charge in [-0.05, 0) is 127 Å². The molecule has 2 aliphatic rings. The van der Waals surface area contributed by atoms with Gasteiger partial charge in [0.1, 0.15) is 0 Å². The van der Waals surface area contributed by atoms with Gasteiger partial charge in [-0.1, -0.05) is 231 Å². The number of benzene rings is 11. The fraction of sp³-hybridized carbons (Fsp3) is 0.0294. The van der Waals surface area contributed by atoms with Crippen molar-refractivity contribution in [2.75, 3.05) is 9.80 Å². The third-order valence-corrected chi connectivity index (χ3v) is 14.8. The summed E-state index contributed by atoms with van der Waals surface area (Å²) in [6.45, 7) is 0. The first-order valence-electron chi connectivity index (χ1n) is 24.3. The zero-order chi connectivity index (χ0) is 46.5. The summed E-state index contributed by atoms with van der Waals surface area (Å²) in [5, 5.41) is 0. The molecule has 0 unspecified atom stereocenters. The second-order valence-electron chi connectivity index (χ2n) is 18.3. The molecule has 0 aromatic heterocycles. The Hall–Kier alpha value is -8.98. The van der Waals surface area contributed by atoms with Crippen molar-refractivity contribution in [3.8, 4) is 22.3 Å². The van der Waals surface area contributed by atoms with Gasteiger partial charge in [0.15, 0.2) is 0 Å². The molecule has 0 atom stereocenters. The molecule has 0 aliphatic heterocycles. The van der Waals surface area contributed by atoms with Crippen molar-refractivity contribution in [2.45, 2.75) is 10.8 Å². The minimum Gasteiger partial charge on any atom is -0.308 e. The first-order valence-corrected chi connectivity index (χ1v) is 24.3. The van der Waals surface area contributed by atoms with Crippen LogP contribution in [0.1, 0.15) is 44.5 Å². The lowest BCUT2D eigenvalue weighted by Crippen LogP contribution is -2.29. The molecule has 11 aromatic rings. The van der Waals surface area contributed by atoms with E-state index in [4.69, 9.17) is 0 Å². The number of hydrogen-bond donors (Lipinski definition) is 0. The average Bonchev–Trinajstić information content (AvgIpc) is 3.91. The van der Waals surface area contributed by atoms with Gasteiger partial charge in [-0.15, -0.1) is 0 Å². The number of para-hydroxylation sites is 4. The molecule has 0 saturated carbocycles. The molecule has 0 saturated heterocycles. The minimum absolute atomic E-state index is 0.491. The molecular formula is C68H48N2. The zero-order valence-corrected chi connectivity index (χ0v) is 38.6. The molecule has 0 spiro atoms. The molecule has 330 valence electrons. The number of rotatable bonds is 10. The highest BCUT2D eigenvalue weighted by atomic mass is 15.2. The molecule has 0 bridgehead atoms. The minimum atomic E-state index is -0.544. The lowest BCUT2D eigenvalue weighted by molar-refractivity contribution is 0.768. The fourth-order valence-electron chi connectivity index (χ4n) is 12.0. The van der Waals surface area contributed by atoms with Crippen LogP contribution in [0.25, 0.3) is 22.3 Å². The summed E-state index contributed by atoms with van der Waals surface area (Å²) in [6.07, 6.45) is 0. The van der Waals surface area contributed by atoms with Gasteiger partial charge >= 0.3 is 0 Å². The van der Waals surface area contributed by atoms with E-state index in [-0.39, 0.29) is 0 Å². The van der Waals surface area contributed by atoms with Gasteiger partial charge in [-0.3, -0.25) is 0 Å². The summed E-state index contributed by atoms with van der Waals surface area (Å²) in [6, 6.07) is 107. The first kappa shape index (κ1) is 41.2. The molecule has 2 nitrogen and oxygen atoms in total. The molecule has 13 rings (SSSR count). The van der Waals surface area contributed by atoms with Crippen LogP contribution in [0.3, 0.4) is 0 Å². The predicted octanol–water partition coefficient (Wildman–Crippen LogP) is 17.4. The van der Waals surface area contributed by atoms with E-state index >= 15 is 0 Å². The fourth-order valence-corrected chi connectivity index (χ4v) is 12.0. The Morgan fingerprint density at radius 1 is 0.200 bits per heavy atom. The van der Waals surface area contributed by atoms with Crippen LogP contribution in [0.4, 0.5) is 34.1 Å². The van der Waals surface area contributed by atoms with Gasteiger partial charge in [0.2, 0.25) is 0 Å². The molecule has 0 N–H and O–H groups in total. The van der Waals surface area contributed by atoms with Gasteiger partial charge in [-0.2, -0.15) is 0 Å². The van der Waals surface area contributed by atoms with Gasteiger partial charge in [0, 0.05) is 22.7 Å². The molecular weight excluding hydrogens is 845 g/mol. The van der Waals surface area contributed by atoms with Crippen LogP contribution in [0.5, 0.6) is 0 Å². The summed E-state index contributed by atoms with van der Waals surface area (Å²) >= 11 is 0. The number of nitrogens with zero attached hydrogens (tertiary/aromatic N) is 2. The van der Waals surface area contributed by atoms with E-state index in [0.717, 1.165) is 34.1 Å². The lowest BCUT2D eigenvalue weighted by atomic mass is 9.67. The maximum absolute atomic E-state index is 2.44. The SMILES string of the molecule is c1ccc(N(c2cccc(C3(c4ccccc4)c4ccccc4-c4ccccc43)c2)c2ccccc2N(c2ccccc2)c2ccc3c(c2)-c2ccccc2C3(c2ccccc2)c2ccccc2)cc1. The van der Waals surface area contributed by atoms with Crippen LogP contribution in [0, 0.1) is 0 Å². The van der Waals surface area contributed by atoms with Crippen molar-refractivity contribution in [1.82, 2.24) is 0 Å². The smallest absolute Gasteiger partial charge is 0.0714 e. The van der Waals surface area contributed by atoms with E-state index in [1.807, 2.05) is 0 Å². The van der Waals surface area contributed by atoms with E-state index < -0.39 is 10.8 Å². The van der Waals surface area contributed by atoms with Gasteiger partial charge in [0.25, 0.3) is 0 Å². The summed E-state index contributed by atoms with van der Waals surface area (Å²) < 4.78 is 0. The van der Waals surface area contributed by atoms with Crippen LogP contribution in [0.15, 0.2) is 291 Å². The Bertz CT molecular complexity index is 3580. The summed E-state index contributed by atoms with van der Waals surface area (Å²) in [5.74, 6) is 0. The van der Waals surface area contributed by atoms with Gasteiger partial charge in [0.05, 0.1) is 22.2 Å². The average molecular weight is 893 g/mol. The molecule has 0 heterocycles. The van der Waals surface area contributed by atoms with Crippen LogP contribution >= 0.6 is 0 Å². The standard InChI is InChI=1S/C68H48N2/c1-6-25-49(26-7-1)67(50-27-8-2-9-28-50)63-42-21-18-39-59(63)60-48-56(45-46-64(60)67)70(54-34-14-5-15-35-54)66-44-23-22-43-65(66)69(53-32-12-4-13-33-53)55-36-24-31-52(47-55)68(51-29-10-3-11-30-51)61-40-19-16-37-57(61)58-38-17-20-41-62(58)68/h1-48H. The van der Waals surface area contributed by atoms with E-state index in [0.29, 0.717) is 0 Å². The molecule has 2 heteroatoms. The van der Waals surface area contributed by atoms with Crippen LogP contribution in [0.2, 0.25) is 0 Å². The van der Waals surface area contributed by atoms with Crippen LogP contribution in [-0.2, 0) is 10.8 Å². The number of fused-ring (bicyclic) bond motifs is 6. The van der Waals surface area contributed by atoms with Crippen molar-refractivity contribution in [3.63, 3.8) is 0 Å². The van der Waals surface area contributed by atoms with Crippen molar-refractivity contribution < 1.29 is 0 Å². The van der Waals surface area contributed by atoms with Crippen molar-refractivity contribution in [3.05, 3.63) is 336 Å². The van der Waals surface area contributed by atoms with Crippen LogP contribution in [-0.4, -0.2) is 0 Å². The Labute approximate surface area is 410 Å². The highest BCUT2D eigenvalue weighted by molar-refractivity contribution is 5.95. The number of hydrogen-bond acceptors (Lipinski definition) is 2. The van der Waals surface area contributed by atoms with Crippen molar-refractivity contribution >= 4 is 34.1 Å². The topological polar surface area (TPSA) is 6.48 Å². The molecule has 11 aromatic carbocycles. The first-order chi connectivity index (χ1) is 34.8. The Morgan fingerprint density at radius 2 is 0.514 bits per heavy atom. The second-order valence-corrected chi connectivity index (χ2v) is 18.3.